The smallest absolute Gasteiger partial charge is 0 e. The van der Waals surface area contributed by atoms with Crippen LogP contribution in [0.5, 0.6) is 0 Å². The monoisotopic (exact) mass is 338 g/mol. The Kier molecular flexibility index (Phi) is 97.7. The van der Waals surface area contributed by atoms with Crippen LogP contribution in [0.15, 0.2) is 0 Å². The molecule has 0 aliphatic carbocycles. The molecule has 0 saturated carbocycles. The molecule has 0 aliphatic heterocycles. The molecule has 0 saturated heterocycles. The fourth-order valence-corrected chi connectivity index (χ4v) is 0. The van der Waals surface area contributed by atoms with E-state index in [4.69, 9.17) is 0 Å². The molecule has 1 nitrogen and oxygen atoms in total. The van der Waals surface area contributed by atoms with Crippen molar-refractivity contribution in [2.75, 3.05) is 0 Å². The van der Waals surface area contributed by atoms with Crippen molar-refractivity contribution < 1.29 is 31.7 Å². The molecular weight excluding hydrogens is 332 g/mol. The second-order valence-corrected chi connectivity index (χ2v) is 0. The average Bonchev–Trinajstić information content (AvgIpc) is 0. The van der Waals surface area contributed by atoms with Gasteiger partial charge in [0.2, 0.25) is 0 Å². The van der Waals surface area contributed by atoms with Gasteiger partial charge in [0, 0.05) is 26.2 Å². The molecule has 0 aromatic carbocycles. The Hall–Kier alpha value is 3.90. The van der Waals surface area contributed by atoms with Gasteiger partial charge < -0.3 is 5.48 Å². The van der Waals surface area contributed by atoms with Gasteiger partial charge >= 0.3 is 94.4 Å². The molecule has 0 bridgehead atoms. The summed E-state index contributed by atoms with van der Waals surface area (Å²) in [6.45, 7) is 0. The minimum Gasteiger partial charge on any atom is 0 e. The summed E-state index contributed by atoms with van der Waals surface area (Å²) in [6, 6.07) is 0. The van der Waals surface area contributed by atoms with Crippen molar-refractivity contribution in [1.82, 2.24) is 0 Å². The fraction of sp³-hybridized carbons (Fsp3) is 0. The van der Waals surface area contributed by atoms with Crippen LogP contribution in [0.4, 0.5) is 0 Å². The predicted octanol–water partition coefficient (Wildman–Crippen LogP) is -2.66. The molecule has 20 valence electrons. The van der Waals surface area contributed by atoms with E-state index in [1.807, 2.05) is 0 Å². The summed E-state index contributed by atoms with van der Waals surface area (Å²) in [5.41, 5.74) is 0. The first kappa shape index (κ1) is 24.7. The van der Waals surface area contributed by atoms with Crippen LogP contribution in [0.2, 0.25) is 0 Å². The molecule has 0 unspecified atom stereocenters. The van der Waals surface area contributed by atoms with Gasteiger partial charge in [-0.05, 0) is 0 Å². The summed E-state index contributed by atoms with van der Waals surface area (Å²) in [5, 5.41) is 0. The summed E-state index contributed by atoms with van der Waals surface area (Å²) in [5.74, 6) is 0. The second-order valence-electron chi connectivity index (χ2n) is 0. The third-order valence-corrected chi connectivity index (χ3v) is 0. The Balaban J connectivity index is 0. The molecule has 0 rings (SSSR count). The van der Waals surface area contributed by atoms with Crippen LogP contribution in [0.25, 0.3) is 0 Å². The first-order chi connectivity index (χ1) is 0. The largest absolute Gasteiger partial charge is 0 e. The molecule has 0 atom stereocenters. The Morgan fingerprint density at radius 3 is 1.00 bits per heavy atom. The van der Waals surface area contributed by atoms with Gasteiger partial charge in [0.1, 0.15) is 0 Å². The van der Waals surface area contributed by atoms with Gasteiger partial charge in [-0.2, -0.15) is 0 Å². The third-order valence-electron chi connectivity index (χ3n) is 0. The van der Waals surface area contributed by atoms with Gasteiger partial charge in [-0.25, -0.2) is 0 Å². The number of hydrogen-bond acceptors (Lipinski definition) is 0. The maximum absolute atomic E-state index is 0. The van der Waals surface area contributed by atoms with Gasteiger partial charge in [-0.15, -0.1) is 0 Å². The molecule has 0 aliphatic rings. The average molecular weight is 338 g/mol. The van der Waals surface area contributed by atoms with E-state index >= 15 is 0 Å². The van der Waals surface area contributed by atoms with Crippen molar-refractivity contribution in [2.45, 2.75) is 0 Å². The maximum Gasteiger partial charge on any atom is 0 e. The standard InChI is InChI=1S/Ba.H2O.Sr.Zr.4H/h;1H2;;;;;;. The van der Waals surface area contributed by atoms with Crippen molar-refractivity contribution in [1.29, 1.82) is 0 Å². The SMILES string of the molecule is O.[BaH2].[SrH2].[Zr]. The Bertz CT molecular complexity index is 8.00. The first-order valence-corrected chi connectivity index (χ1v) is 0. The van der Waals surface area contributed by atoms with Crippen LogP contribution in [-0.4, -0.2) is 99.8 Å². The summed E-state index contributed by atoms with van der Waals surface area (Å²) in [7, 11) is 0. The van der Waals surface area contributed by atoms with E-state index in [1.54, 1.807) is 0 Å². The van der Waals surface area contributed by atoms with Crippen LogP contribution in [0.3, 0.4) is 0 Å². The normalized spacial score (nSPS) is 0. The Labute approximate surface area is 122 Å². The summed E-state index contributed by atoms with van der Waals surface area (Å²) in [6.07, 6.45) is 0. The molecule has 0 spiro atoms. The van der Waals surface area contributed by atoms with E-state index in [2.05, 4.69) is 0 Å². The third kappa shape index (κ3) is 9.31. The molecular formula is H6BaOSrZr. The van der Waals surface area contributed by atoms with E-state index in [0.29, 0.717) is 0 Å². The summed E-state index contributed by atoms with van der Waals surface area (Å²) in [4.78, 5) is 0. The first-order valence-electron chi connectivity index (χ1n) is 0. The van der Waals surface area contributed by atoms with E-state index < -0.39 is 0 Å². The molecule has 4 heteroatoms. The zero-order valence-electron chi connectivity index (χ0n) is 1.00. The molecule has 2 N–H and O–H groups in total. The quantitative estimate of drug-likeness (QED) is 0.432. The zero-order valence-corrected chi connectivity index (χ0v) is 3.46. The van der Waals surface area contributed by atoms with Gasteiger partial charge in [0.25, 0.3) is 0 Å². The molecule has 0 fully saturated rings. The topological polar surface area (TPSA) is 31.5 Å². The molecule has 0 aromatic heterocycles. The Morgan fingerprint density at radius 1 is 1.00 bits per heavy atom. The Morgan fingerprint density at radius 2 is 1.00 bits per heavy atom. The molecule has 0 amide bonds. The van der Waals surface area contributed by atoms with Gasteiger partial charge in [-0.3, -0.25) is 0 Å². The van der Waals surface area contributed by atoms with Gasteiger partial charge in [0.15, 0.2) is 0 Å². The summed E-state index contributed by atoms with van der Waals surface area (Å²) < 4.78 is 0. The number of hydrogen-bond donors (Lipinski definition) is 0. The minimum absolute atomic E-state index is 0. The van der Waals surface area contributed by atoms with E-state index in [1.165, 1.54) is 0 Å². The van der Waals surface area contributed by atoms with Crippen molar-refractivity contribution in [3.05, 3.63) is 0 Å². The van der Waals surface area contributed by atoms with Crippen molar-refractivity contribution in [3.63, 3.8) is 0 Å². The van der Waals surface area contributed by atoms with Gasteiger partial charge in [-0.1, -0.05) is 0 Å². The van der Waals surface area contributed by atoms with Crippen LogP contribution in [0, 0.1) is 0 Å². The maximum atomic E-state index is 0. The van der Waals surface area contributed by atoms with Crippen molar-refractivity contribution in [3.8, 4) is 0 Å². The number of rotatable bonds is 0. The van der Waals surface area contributed by atoms with E-state index in [9.17, 15) is 0 Å². The van der Waals surface area contributed by atoms with Crippen LogP contribution < -0.4 is 0 Å². The summed E-state index contributed by atoms with van der Waals surface area (Å²) >= 11 is 0. The van der Waals surface area contributed by atoms with Gasteiger partial charge in [0.05, 0.1) is 0 Å². The molecule has 0 aromatic rings. The van der Waals surface area contributed by atoms with Crippen molar-refractivity contribution in [2.24, 2.45) is 0 Å². The van der Waals surface area contributed by atoms with Crippen LogP contribution in [0.1, 0.15) is 0 Å². The van der Waals surface area contributed by atoms with Crippen molar-refractivity contribution >= 4 is 94.4 Å². The molecule has 0 radical (unpaired) electrons. The fourth-order valence-electron chi connectivity index (χ4n) is 0. The minimum atomic E-state index is 0. The molecule has 0 heterocycles. The van der Waals surface area contributed by atoms with E-state index in [0.717, 1.165) is 0 Å². The van der Waals surface area contributed by atoms with Crippen LogP contribution in [-0.2, 0) is 26.2 Å². The second kappa shape index (κ2) is 15.8. The zero-order chi connectivity index (χ0) is 0. The van der Waals surface area contributed by atoms with Crippen LogP contribution >= 0.6 is 0 Å². The predicted molar refractivity (Wildman–Crippen MR) is 20.7 cm³/mol. The van der Waals surface area contributed by atoms with E-state index in [-0.39, 0.29) is 126 Å². The molecule has 4 heavy (non-hydrogen) atoms.